The summed E-state index contributed by atoms with van der Waals surface area (Å²) in [6.45, 7) is 0. The zero-order valence-corrected chi connectivity index (χ0v) is 10.4. The molecule has 0 fully saturated rings. The summed E-state index contributed by atoms with van der Waals surface area (Å²) in [6, 6.07) is 9.71. The number of rotatable bonds is 1. The lowest BCUT2D eigenvalue weighted by Crippen LogP contribution is -1.97. The van der Waals surface area contributed by atoms with Gasteiger partial charge in [-0.2, -0.15) is 4.98 Å². The highest BCUT2D eigenvalue weighted by atomic mass is 79.9. The van der Waals surface area contributed by atoms with Gasteiger partial charge in [0.1, 0.15) is 0 Å². The maximum absolute atomic E-state index is 5.49. The molecule has 0 saturated carbocycles. The van der Waals surface area contributed by atoms with E-state index in [4.69, 9.17) is 5.73 Å². The molecule has 0 amide bonds. The number of nitrogen functional groups attached to an aromatic ring is 1. The largest absolute Gasteiger partial charge is 0.374 e. The number of nitrogens with zero attached hydrogens (tertiary/aromatic N) is 2. The minimum Gasteiger partial charge on any atom is -0.374 e. The van der Waals surface area contributed by atoms with Crippen LogP contribution in [0, 0.1) is 0 Å². The highest BCUT2D eigenvalue weighted by Gasteiger charge is 1.91. The topological polar surface area (TPSA) is 51.3 Å². The summed E-state index contributed by atoms with van der Waals surface area (Å²) >= 11 is 0. The van der Waals surface area contributed by atoms with Crippen molar-refractivity contribution in [1.82, 2.24) is 4.98 Å². The van der Waals surface area contributed by atoms with Crippen molar-refractivity contribution < 1.29 is 0 Å². The first-order valence-electron chi connectivity index (χ1n) is 3.67. The zero-order chi connectivity index (χ0) is 9.10. The highest BCUT2D eigenvalue weighted by Crippen LogP contribution is 2.11. The summed E-state index contributed by atoms with van der Waals surface area (Å²) in [5.41, 5.74) is 6.40. The van der Waals surface area contributed by atoms with Crippen molar-refractivity contribution in [1.29, 1.82) is 0 Å². The summed E-state index contributed by atoms with van der Waals surface area (Å²) in [7, 11) is 2.92. The van der Waals surface area contributed by atoms with Crippen LogP contribution in [-0.2, 0) is 0 Å². The first-order chi connectivity index (χ1) is 6.34. The smallest absolute Gasteiger partial charge is 0.222 e. The minimum atomic E-state index is 0. The van der Waals surface area contributed by atoms with E-state index in [1.54, 1.807) is 0 Å². The Morgan fingerprint density at radius 1 is 1.14 bits per heavy atom. The van der Waals surface area contributed by atoms with E-state index in [1.165, 1.54) is 20.7 Å². The third-order valence-electron chi connectivity index (χ3n) is 1.39. The van der Waals surface area contributed by atoms with Crippen molar-refractivity contribution in [3.8, 4) is 0 Å². The van der Waals surface area contributed by atoms with Gasteiger partial charge >= 0.3 is 0 Å². The van der Waals surface area contributed by atoms with Gasteiger partial charge in [0.05, 0.1) is 5.69 Å². The van der Waals surface area contributed by atoms with Gasteiger partial charge in [0.25, 0.3) is 0 Å². The van der Waals surface area contributed by atoms with Crippen LogP contribution in [0.2, 0.25) is 0 Å². The van der Waals surface area contributed by atoms with E-state index in [0.717, 1.165) is 5.69 Å². The molecule has 1 heterocycles. The Morgan fingerprint density at radius 3 is 2.43 bits per heavy atom. The summed E-state index contributed by atoms with van der Waals surface area (Å²) in [5, 5.41) is 0.569. The quantitative estimate of drug-likeness (QED) is 0.821. The molecular formula is C8H8BrN3S2. The lowest BCUT2D eigenvalue weighted by molar-refractivity contribution is 1.25. The van der Waals surface area contributed by atoms with Gasteiger partial charge in [-0.15, -0.1) is 17.0 Å². The van der Waals surface area contributed by atoms with E-state index in [1.807, 2.05) is 30.3 Å². The third-order valence-corrected chi connectivity index (χ3v) is 3.27. The molecule has 6 heteroatoms. The Balaban J connectivity index is 0.000000980. The molecule has 2 aromatic rings. The fourth-order valence-electron chi connectivity index (χ4n) is 0.868. The SMILES string of the molecule is Br.Nc1nc(=Nc2ccccc2)ss1. The second-order valence-corrected chi connectivity index (χ2v) is 4.46. The number of hydrogen-bond acceptors (Lipinski definition) is 5. The Bertz CT molecular complexity index is 449. The minimum absolute atomic E-state index is 0. The normalized spacial score (nSPS) is 11.0. The van der Waals surface area contributed by atoms with Gasteiger partial charge in [-0.05, 0) is 32.8 Å². The van der Waals surface area contributed by atoms with E-state index < -0.39 is 0 Å². The number of benzene rings is 1. The van der Waals surface area contributed by atoms with E-state index in [2.05, 4.69) is 9.98 Å². The third kappa shape index (κ3) is 2.90. The molecule has 1 aromatic heterocycles. The number of para-hydroxylation sites is 1. The fraction of sp³-hybridized carbons (Fsp3) is 0. The molecule has 0 bridgehead atoms. The molecule has 0 aliphatic rings. The maximum atomic E-state index is 5.49. The standard InChI is InChI=1S/C8H7N3S2.BrH/c9-7-11-8(13-12-7)10-6-4-2-1-3-5-6;/h1-5H,(H2,9,10,11);1H. The number of hydrogen-bond donors (Lipinski definition) is 1. The van der Waals surface area contributed by atoms with Crippen LogP contribution in [0.1, 0.15) is 0 Å². The first kappa shape index (κ1) is 11.4. The van der Waals surface area contributed by atoms with Crippen LogP contribution in [-0.4, -0.2) is 4.98 Å². The molecule has 2 N–H and O–H groups in total. The predicted octanol–water partition coefficient (Wildman–Crippen LogP) is 2.60. The van der Waals surface area contributed by atoms with Crippen LogP contribution in [0.15, 0.2) is 35.3 Å². The van der Waals surface area contributed by atoms with Crippen molar-refractivity contribution >= 4 is 48.5 Å². The maximum Gasteiger partial charge on any atom is 0.222 e. The molecule has 0 aliphatic heterocycles. The summed E-state index contributed by atoms with van der Waals surface area (Å²) in [6.07, 6.45) is 0. The Labute approximate surface area is 99.1 Å². The summed E-state index contributed by atoms with van der Waals surface area (Å²) < 4.78 is 0. The van der Waals surface area contributed by atoms with Gasteiger partial charge < -0.3 is 5.73 Å². The van der Waals surface area contributed by atoms with E-state index >= 15 is 0 Å². The van der Waals surface area contributed by atoms with Crippen LogP contribution in [0.3, 0.4) is 0 Å². The Hall–Kier alpha value is -0.720. The van der Waals surface area contributed by atoms with Crippen LogP contribution in [0.5, 0.6) is 0 Å². The molecule has 2 rings (SSSR count). The average molecular weight is 290 g/mol. The molecular weight excluding hydrogens is 282 g/mol. The monoisotopic (exact) mass is 289 g/mol. The van der Waals surface area contributed by atoms with Crippen molar-refractivity contribution in [3.63, 3.8) is 0 Å². The second kappa shape index (κ2) is 5.23. The average Bonchev–Trinajstić information content (AvgIpc) is 2.53. The number of aromatic nitrogens is 1. The van der Waals surface area contributed by atoms with E-state index in [9.17, 15) is 0 Å². The van der Waals surface area contributed by atoms with Crippen LogP contribution >= 0.6 is 37.7 Å². The number of anilines is 1. The van der Waals surface area contributed by atoms with Crippen molar-refractivity contribution in [2.45, 2.75) is 0 Å². The molecule has 0 aliphatic carbocycles. The molecule has 3 nitrogen and oxygen atoms in total. The lowest BCUT2D eigenvalue weighted by atomic mass is 10.3. The molecule has 1 aromatic carbocycles. The lowest BCUT2D eigenvalue weighted by Gasteiger charge is -1.86. The molecule has 0 radical (unpaired) electrons. The molecule has 0 unspecified atom stereocenters. The second-order valence-electron chi connectivity index (χ2n) is 2.35. The Morgan fingerprint density at radius 2 is 1.86 bits per heavy atom. The van der Waals surface area contributed by atoms with Gasteiger partial charge in [0.2, 0.25) is 4.80 Å². The van der Waals surface area contributed by atoms with Crippen LogP contribution < -0.4 is 10.5 Å². The molecule has 0 spiro atoms. The van der Waals surface area contributed by atoms with E-state index in [-0.39, 0.29) is 17.0 Å². The molecule has 14 heavy (non-hydrogen) atoms. The van der Waals surface area contributed by atoms with Crippen molar-refractivity contribution in [2.24, 2.45) is 4.99 Å². The molecule has 0 atom stereocenters. The van der Waals surface area contributed by atoms with Gasteiger partial charge in [0, 0.05) is 0 Å². The summed E-state index contributed by atoms with van der Waals surface area (Å²) in [4.78, 5) is 9.07. The highest BCUT2D eigenvalue weighted by molar-refractivity contribution is 8.93. The van der Waals surface area contributed by atoms with Gasteiger partial charge in [-0.25, -0.2) is 4.99 Å². The zero-order valence-electron chi connectivity index (χ0n) is 7.08. The first-order valence-corrected chi connectivity index (χ1v) is 5.82. The van der Waals surface area contributed by atoms with Crippen molar-refractivity contribution in [2.75, 3.05) is 5.73 Å². The van der Waals surface area contributed by atoms with Crippen LogP contribution in [0.4, 0.5) is 10.8 Å². The van der Waals surface area contributed by atoms with Gasteiger partial charge in [0.15, 0.2) is 5.13 Å². The Kier molecular flexibility index (Phi) is 4.24. The van der Waals surface area contributed by atoms with Gasteiger partial charge in [-0.3, -0.25) is 0 Å². The summed E-state index contributed by atoms with van der Waals surface area (Å²) in [5.74, 6) is 0. The number of nitrogens with two attached hydrogens (primary N) is 1. The fourth-order valence-corrected chi connectivity index (χ4v) is 2.30. The molecule has 0 saturated heterocycles. The number of halogens is 1. The van der Waals surface area contributed by atoms with Gasteiger partial charge in [-0.1, -0.05) is 18.2 Å². The predicted molar refractivity (Wildman–Crippen MR) is 66.4 cm³/mol. The van der Waals surface area contributed by atoms with Crippen LogP contribution in [0.25, 0.3) is 0 Å². The van der Waals surface area contributed by atoms with E-state index in [0.29, 0.717) is 9.93 Å². The van der Waals surface area contributed by atoms with Crippen molar-refractivity contribution in [3.05, 3.63) is 35.1 Å². The molecule has 74 valence electrons.